The van der Waals surface area contributed by atoms with Gasteiger partial charge in [-0.2, -0.15) is 0 Å². The van der Waals surface area contributed by atoms with Crippen molar-refractivity contribution in [1.82, 2.24) is 14.5 Å². The fourth-order valence-corrected chi connectivity index (χ4v) is 3.45. The van der Waals surface area contributed by atoms with Crippen molar-refractivity contribution < 1.29 is 24.2 Å². The number of rotatable bonds is 4. The first-order valence-electron chi connectivity index (χ1n) is 9.64. The second-order valence-electron chi connectivity index (χ2n) is 7.14. The van der Waals surface area contributed by atoms with E-state index in [4.69, 9.17) is 4.84 Å². The lowest BCUT2D eigenvalue weighted by Gasteiger charge is -2.34. The lowest BCUT2D eigenvalue weighted by atomic mass is 10.0. The molecule has 0 unspecified atom stereocenters. The number of carbonyl (C=O) groups excluding carboxylic acids is 1. The van der Waals surface area contributed by atoms with Crippen LogP contribution in [-0.4, -0.2) is 57.0 Å². The van der Waals surface area contributed by atoms with Crippen molar-refractivity contribution in [3.63, 3.8) is 0 Å². The van der Waals surface area contributed by atoms with Crippen LogP contribution in [0.15, 0.2) is 60.7 Å². The third kappa shape index (κ3) is 4.23. The maximum absolute atomic E-state index is 14.6. The molecule has 7 nitrogen and oxygen atoms in total. The van der Waals surface area contributed by atoms with Crippen LogP contribution in [0.1, 0.15) is 5.56 Å². The van der Waals surface area contributed by atoms with Gasteiger partial charge in [0.1, 0.15) is 5.82 Å². The number of piperazine rings is 1. The van der Waals surface area contributed by atoms with E-state index < -0.39 is 6.09 Å². The topological polar surface area (TPSA) is 78.2 Å². The van der Waals surface area contributed by atoms with Crippen molar-refractivity contribution in [1.29, 1.82) is 0 Å². The second kappa shape index (κ2) is 8.46. The van der Waals surface area contributed by atoms with Crippen LogP contribution < -0.4 is 4.84 Å². The zero-order chi connectivity index (χ0) is 21.1. The quantitative estimate of drug-likeness (QED) is 0.690. The Morgan fingerprint density at radius 3 is 2.20 bits per heavy atom. The minimum absolute atomic E-state index is 0.253. The van der Waals surface area contributed by atoms with Gasteiger partial charge in [-0.05, 0) is 17.2 Å². The summed E-state index contributed by atoms with van der Waals surface area (Å²) in [5.41, 5.74) is 2.41. The molecule has 0 bridgehead atoms. The Hall–Kier alpha value is -3.52. The molecule has 30 heavy (non-hydrogen) atoms. The first kappa shape index (κ1) is 19.8. The Morgan fingerprint density at radius 1 is 0.900 bits per heavy atom. The van der Waals surface area contributed by atoms with Crippen LogP contribution in [0.4, 0.5) is 9.18 Å². The molecule has 4 rings (SSSR count). The minimum Gasteiger partial charge on any atom is -0.492 e. The van der Waals surface area contributed by atoms with E-state index in [9.17, 15) is 19.4 Å². The van der Waals surface area contributed by atoms with Crippen LogP contribution in [0.25, 0.3) is 11.1 Å². The van der Waals surface area contributed by atoms with Gasteiger partial charge in [0, 0.05) is 50.4 Å². The van der Waals surface area contributed by atoms with Crippen molar-refractivity contribution in [2.45, 2.75) is 6.54 Å². The maximum Gasteiger partial charge on any atom is 0.434 e. The molecule has 0 saturated carbocycles. The largest absolute Gasteiger partial charge is 0.492 e. The number of carbonyl (C=O) groups is 1. The Balaban J connectivity index is 1.33. The molecular formula is C22H22FN3O4. The van der Waals surface area contributed by atoms with Crippen LogP contribution in [0, 0.1) is 5.82 Å². The average Bonchev–Trinajstić information content (AvgIpc) is 3.08. The first-order valence-corrected chi connectivity index (χ1v) is 9.64. The number of halogens is 1. The maximum atomic E-state index is 14.6. The van der Waals surface area contributed by atoms with Crippen molar-refractivity contribution in [2.24, 2.45) is 0 Å². The summed E-state index contributed by atoms with van der Waals surface area (Å²) >= 11 is 0. The Morgan fingerprint density at radius 2 is 1.57 bits per heavy atom. The fraction of sp³-hybridized carbons (Fsp3) is 0.227. The molecule has 156 valence electrons. The minimum atomic E-state index is -0.671. The van der Waals surface area contributed by atoms with Crippen LogP contribution in [0.2, 0.25) is 0 Å². The van der Waals surface area contributed by atoms with E-state index in [1.807, 2.05) is 36.4 Å². The number of nitrogens with zero attached hydrogens (tertiary/aromatic N) is 3. The molecule has 0 radical (unpaired) electrons. The highest BCUT2D eigenvalue weighted by atomic mass is 19.1. The molecule has 2 heterocycles. The Labute approximate surface area is 173 Å². The summed E-state index contributed by atoms with van der Waals surface area (Å²) in [6, 6.07) is 17.4. The van der Waals surface area contributed by atoms with Crippen molar-refractivity contribution in [3.8, 4) is 22.9 Å². The zero-order valence-electron chi connectivity index (χ0n) is 16.2. The van der Waals surface area contributed by atoms with Crippen LogP contribution in [-0.2, 0) is 6.54 Å². The van der Waals surface area contributed by atoms with E-state index in [-0.39, 0.29) is 17.6 Å². The lowest BCUT2D eigenvalue weighted by Crippen LogP contribution is -2.50. The molecule has 1 amide bonds. The highest BCUT2D eigenvalue weighted by Gasteiger charge is 2.24. The van der Waals surface area contributed by atoms with Gasteiger partial charge in [0.05, 0.1) is 0 Å². The summed E-state index contributed by atoms with van der Waals surface area (Å²) in [6.07, 6.45) is -0.671. The van der Waals surface area contributed by atoms with Gasteiger partial charge < -0.3 is 20.0 Å². The number of hydrogen-bond donors (Lipinski definition) is 2. The third-order valence-corrected chi connectivity index (χ3v) is 5.15. The number of benzene rings is 2. The van der Waals surface area contributed by atoms with Gasteiger partial charge in [-0.25, -0.2) is 9.18 Å². The zero-order valence-corrected chi connectivity index (χ0v) is 16.2. The highest BCUT2D eigenvalue weighted by Crippen LogP contribution is 2.23. The van der Waals surface area contributed by atoms with Gasteiger partial charge in [-0.15, -0.1) is 4.73 Å². The average molecular weight is 411 g/mol. The second-order valence-corrected chi connectivity index (χ2v) is 7.14. The highest BCUT2D eigenvalue weighted by molar-refractivity contribution is 5.68. The van der Waals surface area contributed by atoms with E-state index in [0.29, 0.717) is 43.0 Å². The predicted octanol–water partition coefficient (Wildman–Crippen LogP) is 3.07. The SMILES string of the molecule is O=C(On1c(O)ccc1O)N1CCN(Cc2ccc(-c3ccccc3)cc2F)CC1. The van der Waals surface area contributed by atoms with Gasteiger partial charge in [-0.1, -0.05) is 42.5 Å². The summed E-state index contributed by atoms with van der Waals surface area (Å²) in [6.45, 7) is 2.34. The van der Waals surface area contributed by atoms with Crippen LogP contribution >= 0.6 is 0 Å². The lowest BCUT2D eigenvalue weighted by molar-refractivity contribution is 0.0554. The summed E-state index contributed by atoms with van der Waals surface area (Å²) < 4.78 is 15.3. The molecule has 8 heteroatoms. The molecule has 1 aromatic heterocycles. The molecule has 1 saturated heterocycles. The van der Waals surface area contributed by atoms with E-state index in [1.165, 1.54) is 17.0 Å². The van der Waals surface area contributed by atoms with Crippen molar-refractivity contribution >= 4 is 6.09 Å². The van der Waals surface area contributed by atoms with Crippen molar-refractivity contribution in [2.75, 3.05) is 26.2 Å². The summed E-state index contributed by atoms with van der Waals surface area (Å²) in [5.74, 6) is -0.987. The van der Waals surface area contributed by atoms with Gasteiger partial charge in [-0.3, -0.25) is 4.90 Å². The van der Waals surface area contributed by atoms with Gasteiger partial charge in [0.25, 0.3) is 0 Å². The normalized spacial score (nSPS) is 14.6. The van der Waals surface area contributed by atoms with Crippen LogP contribution in [0.3, 0.4) is 0 Å². The molecule has 0 spiro atoms. The number of aromatic hydroxyl groups is 2. The smallest absolute Gasteiger partial charge is 0.434 e. The first-order chi connectivity index (χ1) is 14.5. The van der Waals surface area contributed by atoms with Crippen molar-refractivity contribution in [3.05, 3.63) is 72.0 Å². The Bertz CT molecular complexity index is 1010. The van der Waals surface area contributed by atoms with Gasteiger partial charge in [0.15, 0.2) is 0 Å². The van der Waals surface area contributed by atoms with Gasteiger partial charge in [0.2, 0.25) is 11.8 Å². The molecule has 0 aliphatic carbocycles. The summed E-state index contributed by atoms with van der Waals surface area (Å²) in [5, 5.41) is 19.1. The van der Waals surface area contributed by atoms with E-state index in [2.05, 4.69) is 4.90 Å². The third-order valence-electron chi connectivity index (χ3n) is 5.15. The van der Waals surface area contributed by atoms with E-state index >= 15 is 0 Å². The molecule has 1 aliphatic rings. The molecule has 0 atom stereocenters. The predicted molar refractivity (Wildman–Crippen MR) is 108 cm³/mol. The molecule has 3 aromatic rings. The number of aromatic nitrogens is 1. The monoisotopic (exact) mass is 411 g/mol. The molecular weight excluding hydrogens is 389 g/mol. The molecule has 1 fully saturated rings. The molecule has 1 aliphatic heterocycles. The summed E-state index contributed by atoms with van der Waals surface area (Å²) in [7, 11) is 0. The van der Waals surface area contributed by atoms with E-state index in [0.717, 1.165) is 11.1 Å². The number of amides is 1. The van der Waals surface area contributed by atoms with Crippen LogP contribution in [0.5, 0.6) is 11.8 Å². The molecule has 2 N–H and O–H groups in total. The fourth-order valence-electron chi connectivity index (χ4n) is 3.45. The Kier molecular flexibility index (Phi) is 5.58. The van der Waals surface area contributed by atoms with Gasteiger partial charge >= 0.3 is 6.09 Å². The van der Waals surface area contributed by atoms with E-state index in [1.54, 1.807) is 12.1 Å². The standard InChI is InChI=1S/C22H22FN3O4/c23-19-14-17(16-4-2-1-3-5-16)6-7-18(19)15-24-10-12-25(13-11-24)22(29)30-26-20(27)8-9-21(26)28/h1-9,14,27-28H,10-13,15H2. The number of hydrogen-bond acceptors (Lipinski definition) is 5. The summed E-state index contributed by atoms with van der Waals surface area (Å²) in [4.78, 5) is 20.8. The molecule has 2 aromatic carbocycles.